The molecule has 0 aliphatic carbocycles. The van der Waals surface area contributed by atoms with E-state index in [4.69, 9.17) is 4.74 Å². The van der Waals surface area contributed by atoms with Crippen LogP contribution in [-0.2, 0) is 30.8 Å². The van der Waals surface area contributed by atoms with Crippen LogP contribution in [0.4, 0.5) is 0 Å². The zero-order chi connectivity index (χ0) is 20.0. The fourth-order valence-electron chi connectivity index (χ4n) is 3.40. The van der Waals surface area contributed by atoms with Crippen LogP contribution in [-0.4, -0.2) is 63.4 Å². The van der Waals surface area contributed by atoms with Gasteiger partial charge in [0.1, 0.15) is 0 Å². The summed E-state index contributed by atoms with van der Waals surface area (Å²) < 4.78 is 31.9. The normalized spacial score (nSPS) is 20.2. The van der Waals surface area contributed by atoms with E-state index < -0.39 is 21.8 Å². The van der Waals surface area contributed by atoms with Crippen LogP contribution >= 0.6 is 0 Å². The third-order valence-electron chi connectivity index (χ3n) is 5.05. The van der Waals surface area contributed by atoms with E-state index in [0.29, 0.717) is 39.2 Å². The van der Waals surface area contributed by atoms with Crippen LogP contribution in [0.1, 0.15) is 31.2 Å². The molecule has 2 N–H and O–H groups in total. The van der Waals surface area contributed by atoms with Crippen molar-refractivity contribution in [1.82, 2.24) is 14.9 Å². The molecule has 1 aromatic carbocycles. The Morgan fingerprint density at radius 2 is 1.71 bits per heavy atom. The molecular formula is C19H27N3O5S. The van der Waals surface area contributed by atoms with Crippen LogP contribution in [0.25, 0.3) is 0 Å². The topological polar surface area (TPSA) is 105 Å². The molecule has 1 aromatic rings. The van der Waals surface area contributed by atoms with Crippen LogP contribution in [0.15, 0.2) is 29.2 Å². The number of carbonyl (C=O) groups excluding carboxylic acids is 2. The second-order valence-corrected chi connectivity index (χ2v) is 9.04. The maximum absolute atomic E-state index is 12.5. The van der Waals surface area contributed by atoms with Gasteiger partial charge in [0.25, 0.3) is 0 Å². The molecule has 3 rings (SSSR count). The highest BCUT2D eigenvalue weighted by Gasteiger charge is 2.26. The average Bonchev–Trinajstić information content (AvgIpc) is 3.40. The average molecular weight is 410 g/mol. The number of hydrogen-bond donors (Lipinski definition) is 2. The van der Waals surface area contributed by atoms with Crippen molar-refractivity contribution in [3.05, 3.63) is 29.8 Å². The number of rotatable bonds is 7. The standard InChI is InChI=1S/C19H27N3O5S/c23-18(19(24)21-14-16-4-3-13-27-16)20-10-9-15-5-7-17(8-6-15)28(25,26)22-11-1-2-12-22/h5-8,16H,1-4,9-14H2,(H,20,23)(H,21,24). The minimum absolute atomic E-state index is 0.00731. The van der Waals surface area contributed by atoms with Crippen LogP contribution < -0.4 is 10.6 Å². The molecule has 9 heteroatoms. The first kappa shape index (κ1) is 20.8. The number of ether oxygens (including phenoxy) is 1. The van der Waals surface area contributed by atoms with Gasteiger partial charge in [-0.05, 0) is 49.8 Å². The first-order valence-electron chi connectivity index (χ1n) is 9.73. The highest BCUT2D eigenvalue weighted by molar-refractivity contribution is 7.89. The summed E-state index contributed by atoms with van der Waals surface area (Å²) in [7, 11) is -3.41. The fraction of sp³-hybridized carbons (Fsp3) is 0.579. The van der Waals surface area contributed by atoms with Crippen molar-refractivity contribution in [2.45, 2.75) is 43.1 Å². The second kappa shape index (κ2) is 9.49. The smallest absolute Gasteiger partial charge is 0.309 e. The summed E-state index contributed by atoms with van der Waals surface area (Å²) >= 11 is 0. The molecule has 2 amide bonds. The van der Waals surface area contributed by atoms with Gasteiger partial charge in [0.15, 0.2) is 0 Å². The molecule has 1 atom stereocenters. The van der Waals surface area contributed by atoms with E-state index in [1.165, 1.54) is 4.31 Å². The number of sulfonamides is 1. The highest BCUT2D eigenvalue weighted by atomic mass is 32.2. The lowest BCUT2D eigenvalue weighted by Gasteiger charge is -2.15. The van der Waals surface area contributed by atoms with Gasteiger partial charge in [-0.2, -0.15) is 4.31 Å². The SMILES string of the molecule is O=C(NCCc1ccc(S(=O)(=O)N2CCCC2)cc1)C(=O)NCC1CCCO1. The molecule has 0 aromatic heterocycles. The van der Waals surface area contributed by atoms with E-state index in [1.54, 1.807) is 24.3 Å². The monoisotopic (exact) mass is 409 g/mol. The first-order chi connectivity index (χ1) is 13.5. The van der Waals surface area contributed by atoms with Gasteiger partial charge in [0.2, 0.25) is 10.0 Å². The number of benzene rings is 1. The predicted molar refractivity (Wildman–Crippen MR) is 103 cm³/mol. The van der Waals surface area contributed by atoms with E-state index >= 15 is 0 Å². The number of hydrogen-bond acceptors (Lipinski definition) is 5. The van der Waals surface area contributed by atoms with E-state index in [1.807, 2.05) is 0 Å². The van der Waals surface area contributed by atoms with Gasteiger partial charge >= 0.3 is 11.8 Å². The van der Waals surface area contributed by atoms with Crippen molar-refractivity contribution in [2.24, 2.45) is 0 Å². The molecule has 2 aliphatic rings. The Kier molecular flexibility index (Phi) is 7.03. The third kappa shape index (κ3) is 5.30. The van der Waals surface area contributed by atoms with Gasteiger partial charge in [0.05, 0.1) is 11.0 Å². The van der Waals surface area contributed by atoms with Crippen LogP contribution in [0.2, 0.25) is 0 Å². The zero-order valence-corrected chi connectivity index (χ0v) is 16.7. The molecule has 28 heavy (non-hydrogen) atoms. The molecule has 0 spiro atoms. The number of amides is 2. The summed E-state index contributed by atoms with van der Waals surface area (Å²) in [6, 6.07) is 6.68. The summed E-state index contributed by atoms with van der Waals surface area (Å²) in [4.78, 5) is 23.9. The van der Waals surface area contributed by atoms with Gasteiger partial charge in [-0.15, -0.1) is 0 Å². The lowest BCUT2D eigenvalue weighted by Crippen LogP contribution is -2.43. The van der Waals surface area contributed by atoms with Gasteiger partial charge in [0, 0.05) is 32.8 Å². The summed E-state index contributed by atoms with van der Waals surface area (Å²) in [6.45, 7) is 2.49. The zero-order valence-electron chi connectivity index (χ0n) is 15.9. The fourth-order valence-corrected chi connectivity index (χ4v) is 4.92. The molecular weight excluding hydrogens is 382 g/mol. The molecule has 2 fully saturated rings. The van der Waals surface area contributed by atoms with Crippen molar-refractivity contribution in [1.29, 1.82) is 0 Å². The van der Waals surface area contributed by atoms with Crippen molar-refractivity contribution >= 4 is 21.8 Å². The van der Waals surface area contributed by atoms with Crippen molar-refractivity contribution in [3.63, 3.8) is 0 Å². The lowest BCUT2D eigenvalue weighted by molar-refractivity contribution is -0.139. The number of nitrogens with one attached hydrogen (secondary N) is 2. The summed E-state index contributed by atoms with van der Waals surface area (Å²) in [5, 5.41) is 5.15. The maximum Gasteiger partial charge on any atom is 0.309 e. The Bertz CT molecular complexity index is 782. The molecule has 0 bridgehead atoms. The van der Waals surface area contributed by atoms with E-state index in [9.17, 15) is 18.0 Å². The maximum atomic E-state index is 12.5. The first-order valence-corrected chi connectivity index (χ1v) is 11.2. The molecule has 8 nitrogen and oxygen atoms in total. The summed E-state index contributed by atoms with van der Waals surface area (Å²) in [5.74, 6) is -1.34. The van der Waals surface area contributed by atoms with Gasteiger partial charge in [-0.1, -0.05) is 12.1 Å². The largest absolute Gasteiger partial charge is 0.376 e. The predicted octanol–water partition coefficient (Wildman–Crippen LogP) is 0.425. The minimum atomic E-state index is -3.41. The van der Waals surface area contributed by atoms with Crippen molar-refractivity contribution in [3.8, 4) is 0 Å². The Morgan fingerprint density at radius 3 is 2.36 bits per heavy atom. The van der Waals surface area contributed by atoms with E-state index in [0.717, 1.165) is 31.2 Å². The molecule has 1 unspecified atom stereocenters. The number of nitrogens with zero attached hydrogens (tertiary/aromatic N) is 1. The molecule has 2 aliphatic heterocycles. The van der Waals surface area contributed by atoms with Gasteiger partial charge in [-0.3, -0.25) is 9.59 Å². The third-order valence-corrected chi connectivity index (χ3v) is 6.96. The molecule has 2 heterocycles. The lowest BCUT2D eigenvalue weighted by atomic mass is 10.1. The highest BCUT2D eigenvalue weighted by Crippen LogP contribution is 2.21. The van der Waals surface area contributed by atoms with Crippen LogP contribution in [0.5, 0.6) is 0 Å². The Labute approximate surface area is 165 Å². The molecule has 154 valence electrons. The van der Waals surface area contributed by atoms with Crippen molar-refractivity contribution in [2.75, 3.05) is 32.8 Å². The van der Waals surface area contributed by atoms with Gasteiger partial charge < -0.3 is 15.4 Å². The Balaban J connectivity index is 1.42. The van der Waals surface area contributed by atoms with Crippen LogP contribution in [0.3, 0.4) is 0 Å². The van der Waals surface area contributed by atoms with Gasteiger partial charge in [-0.25, -0.2) is 8.42 Å². The van der Waals surface area contributed by atoms with Crippen LogP contribution in [0, 0.1) is 0 Å². The Hall–Kier alpha value is -1.97. The van der Waals surface area contributed by atoms with Crippen molar-refractivity contribution < 1.29 is 22.7 Å². The summed E-state index contributed by atoms with van der Waals surface area (Å²) in [6.07, 6.45) is 4.17. The Morgan fingerprint density at radius 1 is 1.04 bits per heavy atom. The van der Waals surface area contributed by atoms with E-state index in [2.05, 4.69) is 10.6 Å². The van der Waals surface area contributed by atoms with E-state index in [-0.39, 0.29) is 11.0 Å². The summed E-state index contributed by atoms with van der Waals surface area (Å²) in [5.41, 5.74) is 0.889. The molecule has 2 saturated heterocycles. The molecule has 0 radical (unpaired) electrons. The minimum Gasteiger partial charge on any atom is -0.376 e. The molecule has 0 saturated carbocycles. The number of carbonyl (C=O) groups is 2. The second-order valence-electron chi connectivity index (χ2n) is 7.11. The quantitative estimate of drug-likeness (QED) is 0.636.